The number of hydrogen-bond donors (Lipinski definition) is 1. The molecule has 0 radical (unpaired) electrons. The number of nitrogens with two attached hydrogens (primary N) is 1. The van der Waals surface area contributed by atoms with Crippen LogP contribution < -0.4 is 5.90 Å². The van der Waals surface area contributed by atoms with Gasteiger partial charge >= 0.3 is 0 Å². The van der Waals surface area contributed by atoms with Crippen LogP contribution in [0.25, 0.3) is 27.5 Å². The molecule has 0 aliphatic carbocycles. The van der Waals surface area contributed by atoms with E-state index in [-0.39, 0.29) is 0 Å². The monoisotopic (exact) mass is 338 g/mol. The van der Waals surface area contributed by atoms with Crippen LogP contribution in [0.4, 0.5) is 0 Å². The van der Waals surface area contributed by atoms with Gasteiger partial charge in [0.2, 0.25) is 0 Å². The van der Waals surface area contributed by atoms with Crippen LogP contribution in [0.15, 0.2) is 59.6 Å². The van der Waals surface area contributed by atoms with E-state index in [0.717, 1.165) is 50.1 Å². The fraction of sp³-hybridized carbons (Fsp3) is 0.0588. The number of para-hydroxylation sites is 1. The largest absolute Gasteiger partial charge is 0.255 e. The topological polar surface area (TPSA) is 75.2 Å². The number of aryl methyl sites for hydroxylation is 1. The smallest absolute Gasteiger partial charge is 0.0853 e. The molecule has 24 heavy (non-hydrogen) atoms. The molecular formula is C17H14N4O2S. The van der Waals surface area contributed by atoms with Gasteiger partial charge in [0.1, 0.15) is 0 Å². The summed E-state index contributed by atoms with van der Waals surface area (Å²) < 4.78 is 6.61. The van der Waals surface area contributed by atoms with Crippen LogP contribution in [-0.2, 0) is 9.32 Å². The second kappa shape index (κ2) is 6.21. The minimum absolute atomic E-state index is 0.879. The predicted molar refractivity (Wildman–Crippen MR) is 93.3 cm³/mol. The van der Waals surface area contributed by atoms with E-state index in [0.29, 0.717) is 0 Å². The third kappa shape index (κ3) is 2.53. The van der Waals surface area contributed by atoms with Crippen LogP contribution in [0, 0.1) is 6.92 Å². The van der Waals surface area contributed by atoms with E-state index in [1.165, 1.54) is 0 Å². The van der Waals surface area contributed by atoms with Crippen LogP contribution in [0.2, 0.25) is 0 Å². The van der Waals surface area contributed by atoms with Gasteiger partial charge in [0.05, 0.1) is 34.5 Å². The van der Waals surface area contributed by atoms with Crippen LogP contribution >= 0.6 is 12.0 Å². The maximum Gasteiger partial charge on any atom is 0.0853 e. The van der Waals surface area contributed by atoms with Gasteiger partial charge in [0.15, 0.2) is 0 Å². The van der Waals surface area contributed by atoms with Gasteiger partial charge in [0.25, 0.3) is 0 Å². The summed E-state index contributed by atoms with van der Waals surface area (Å²) in [5, 5.41) is 6.82. The summed E-state index contributed by atoms with van der Waals surface area (Å²) in [5.74, 6) is 4.85. The summed E-state index contributed by atoms with van der Waals surface area (Å²) in [6, 6.07) is 15.9. The Hall–Kier alpha value is -2.45. The maximum absolute atomic E-state index is 4.85. The molecule has 0 aliphatic rings. The van der Waals surface area contributed by atoms with Crippen LogP contribution in [-0.4, -0.2) is 14.8 Å². The first-order chi connectivity index (χ1) is 11.8. The van der Waals surface area contributed by atoms with Gasteiger partial charge in [-0.1, -0.05) is 18.2 Å². The third-order valence-electron chi connectivity index (χ3n) is 3.85. The summed E-state index contributed by atoms with van der Waals surface area (Å²) in [4.78, 5) is 9.51. The lowest BCUT2D eigenvalue weighted by molar-refractivity contribution is -0.195. The van der Waals surface area contributed by atoms with Gasteiger partial charge in [-0.25, -0.2) is 4.68 Å². The lowest BCUT2D eigenvalue weighted by Gasteiger charge is -2.07. The van der Waals surface area contributed by atoms with Crippen molar-refractivity contribution in [1.29, 1.82) is 0 Å². The molecule has 0 aliphatic heterocycles. The zero-order valence-corrected chi connectivity index (χ0v) is 13.7. The Kier molecular flexibility index (Phi) is 3.91. The van der Waals surface area contributed by atoms with E-state index in [1.807, 2.05) is 60.3 Å². The second-order valence-electron chi connectivity index (χ2n) is 5.28. The van der Waals surface area contributed by atoms with Crippen molar-refractivity contribution in [2.24, 2.45) is 5.90 Å². The molecule has 0 atom stereocenters. The van der Waals surface area contributed by atoms with Crippen molar-refractivity contribution in [2.75, 3.05) is 0 Å². The maximum atomic E-state index is 4.85. The summed E-state index contributed by atoms with van der Waals surface area (Å²) in [7, 11) is 0. The number of benzene rings is 2. The molecule has 2 N–H and O–H groups in total. The van der Waals surface area contributed by atoms with Gasteiger partial charge in [-0.2, -0.15) is 11.0 Å². The molecule has 0 spiro atoms. The number of hydrogen-bond acceptors (Lipinski definition) is 6. The number of rotatable bonds is 4. The molecule has 4 aromatic rings. The molecule has 0 saturated heterocycles. The summed E-state index contributed by atoms with van der Waals surface area (Å²) in [6.07, 6.45) is 1.88. The molecule has 0 bridgehead atoms. The Morgan fingerprint density at radius 3 is 2.62 bits per heavy atom. The fourth-order valence-corrected chi connectivity index (χ4v) is 3.13. The number of nitrogens with zero attached hydrogens (tertiary/aromatic N) is 3. The molecule has 2 heterocycles. The number of pyridine rings is 1. The van der Waals surface area contributed by atoms with E-state index in [4.69, 9.17) is 11.0 Å². The molecule has 6 nitrogen and oxygen atoms in total. The summed E-state index contributed by atoms with van der Waals surface area (Å²) >= 11 is 1.05. The molecule has 4 rings (SSSR count). The van der Waals surface area contributed by atoms with E-state index in [1.54, 1.807) is 0 Å². The Bertz CT molecular complexity index is 1010. The molecule has 0 saturated carbocycles. The van der Waals surface area contributed by atoms with E-state index >= 15 is 0 Å². The van der Waals surface area contributed by atoms with Crippen molar-refractivity contribution in [3.8, 4) is 5.69 Å². The minimum Gasteiger partial charge on any atom is -0.255 e. The Morgan fingerprint density at radius 1 is 1.04 bits per heavy atom. The molecule has 2 aromatic heterocycles. The first kappa shape index (κ1) is 15.1. The van der Waals surface area contributed by atoms with Crippen molar-refractivity contribution in [1.82, 2.24) is 14.8 Å². The summed E-state index contributed by atoms with van der Waals surface area (Å²) in [5.41, 5.74) is 3.91. The Morgan fingerprint density at radius 2 is 1.83 bits per heavy atom. The normalized spacial score (nSPS) is 11.4. The van der Waals surface area contributed by atoms with Crippen molar-refractivity contribution < 1.29 is 9.32 Å². The van der Waals surface area contributed by atoms with Crippen molar-refractivity contribution in [2.45, 2.75) is 11.8 Å². The Balaban J connectivity index is 1.88. The van der Waals surface area contributed by atoms with E-state index in [2.05, 4.69) is 20.4 Å². The molecule has 120 valence electrons. The van der Waals surface area contributed by atoms with Gasteiger partial charge in [-0.15, -0.1) is 9.32 Å². The molecule has 0 fully saturated rings. The van der Waals surface area contributed by atoms with Crippen LogP contribution in [0.5, 0.6) is 0 Å². The molecular weight excluding hydrogens is 324 g/mol. The molecule has 2 aromatic carbocycles. The number of fused-ring (bicyclic) bond motifs is 3. The van der Waals surface area contributed by atoms with Crippen LogP contribution in [0.3, 0.4) is 0 Å². The van der Waals surface area contributed by atoms with E-state index in [9.17, 15) is 0 Å². The summed E-state index contributed by atoms with van der Waals surface area (Å²) in [6.45, 7) is 1.99. The SMILES string of the molecule is Cc1nn(-c2ccc(SOON)cc2)c2c1cnc1ccccc12. The van der Waals surface area contributed by atoms with Crippen molar-refractivity contribution >= 4 is 33.8 Å². The lowest BCUT2D eigenvalue weighted by Crippen LogP contribution is -1.97. The van der Waals surface area contributed by atoms with Gasteiger partial charge in [-0.05, 0) is 37.3 Å². The minimum atomic E-state index is 0.879. The zero-order valence-electron chi connectivity index (χ0n) is 12.8. The predicted octanol–water partition coefficient (Wildman–Crippen LogP) is 3.71. The standard InChI is InChI=1S/C17H14N4O2S/c1-11-15-10-19-16-5-3-2-4-14(16)17(15)21(20-11)12-6-8-13(9-7-12)24-23-22-18/h2-10H,18H2,1H3. The van der Waals surface area contributed by atoms with Crippen molar-refractivity contribution in [3.63, 3.8) is 0 Å². The number of aromatic nitrogens is 3. The van der Waals surface area contributed by atoms with E-state index < -0.39 is 0 Å². The third-order valence-corrected chi connectivity index (χ3v) is 4.46. The molecule has 0 amide bonds. The first-order valence-electron chi connectivity index (χ1n) is 7.31. The highest BCUT2D eigenvalue weighted by molar-refractivity contribution is 7.94. The first-order valence-corrected chi connectivity index (χ1v) is 8.05. The average molecular weight is 338 g/mol. The highest BCUT2D eigenvalue weighted by atomic mass is 32.2. The average Bonchev–Trinajstić information content (AvgIpc) is 2.98. The van der Waals surface area contributed by atoms with Gasteiger partial charge < -0.3 is 0 Å². The molecule has 7 heteroatoms. The second-order valence-corrected chi connectivity index (χ2v) is 6.05. The fourth-order valence-electron chi connectivity index (χ4n) is 2.76. The van der Waals surface area contributed by atoms with Crippen molar-refractivity contribution in [3.05, 3.63) is 60.4 Å². The van der Waals surface area contributed by atoms with Gasteiger partial charge in [0, 0.05) is 21.9 Å². The quantitative estimate of drug-likeness (QED) is 0.347. The Labute approximate surface area is 142 Å². The lowest BCUT2D eigenvalue weighted by atomic mass is 10.1. The highest BCUT2D eigenvalue weighted by Crippen LogP contribution is 2.29. The van der Waals surface area contributed by atoms with Crippen LogP contribution in [0.1, 0.15) is 5.69 Å². The molecule has 0 unspecified atom stereocenters. The zero-order chi connectivity index (χ0) is 16.5. The highest BCUT2D eigenvalue weighted by Gasteiger charge is 2.13. The van der Waals surface area contributed by atoms with Gasteiger partial charge in [-0.3, -0.25) is 4.98 Å².